The number of imidazole rings is 1. The Bertz CT molecular complexity index is 1170. The summed E-state index contributed by atoms with van der Waals surface area (Å²) in [7, 11) is 0. The second-order valence-corrected chi connectivity index (χ2v) is 7.69. The quantitative estimate of drug-likeness (QED) is 0.548. The summed E-state index contributed by atoms with van der Waals surface area (Å²) in [5.74, 6) is 1.25. The predicted molar refractivity (Wildman–Crippen MR) is 112 cm³/mol. The number of hydrogen-bond donors (Lipinski definition) is 1. The van der Waals surface area contributed by atoms with Crippen molar-refractivity contribution < 1.29 is 4.79 Å². The van der Waals surface area contributed by atoms with Crippen molar-refractivity contribution in [3.63, 3.8) is 0 Å². The summed E-state index contributed by atoms with van der Waals surface area (Å²) < 4.78 is 2.24. The van der Waals surface area contributed by atoms with E-state index >= 15 is 0 Å². The Morgan fingerprint density at radius 2 is 1.82 bits per heavy atom. The van der Waals surface area contributed by atoms with E-state index in [4.69, 9.17) is 4.98 Å². The lowest BCUT2D eigenvalue weighted by molar-refractivity contribution is -0.123. The van der Waals surface area contributed by atoms with Gasteiger partial charge in [-0.1, -0.05) is 54.6 Å². The largest absolute Gasteiger partial charge is 0.346 e. The van der Waals surface area contributed by atoms with Crippen LogP contribution in [0.15, 0.2) is 66.7 Å². The topological polar surface area (TPSA) is 46.9 Å². The average Bonchev–Trinajstić information content (AvgIpc) is 3.51. The fourth-order valence-electron chi connectivity index (χ4n) is 3.93. The molecule has 5 rings (SSSR count). The number of fused-ring (bicyclic) bond motifs is 2. The van der Waals surface area contributed by atoms with E-state index in [-0.39, 0.29) is 17.9 Å². The summed E-state index contributed by atoms with van der Waals surface area (Å²) >= 11 is 0. The molecule has 1 atom stereocenters. The Balaban J connectivity index is 1.58. The van der Waals surface area contributed by atoms with Gasteiger partial charge in [-0.15, -0.1) is 0 Å². The standard InChI is InChI=1S/C24H23N3O/c1-16(25-24(28)18-13-14-18)23-26-21-11-4-5-12-22(21)27(23)15-19-9-6-8-17-7-2-3-10-20(17)19/h2-12,16,18H,13-15H2,1H3,(H,25,28). The summed E-state index contributed by atoms with van der Waals surface area (Å²) in [6, 6.07) is 22.9. The fourth-order valence-corrected chi connectivity index (χ4v) is 3.93. The lowest BCUT2D eigenvalue weighted by Gasteiger charge is -2.17. The van der Waals surface area contributed by atoms with Crippen LogP contribution in [0.3, 0.4) is 0 Å². The van der Waals surface area contributed by atoms with E-state index in [1.54, 1.807) is 0 Å². The molecule has 140 valence electrons. The molecule has 1 aliphatic rings. The van der Waals surface area contributed by atoms with Gasteiger partial charge in [0, 0.05) is 5.92 Å². The number of nitrogens with one attached hydrogen (secondary N) is 1. The third-order valence-electron chi connectivity index (χ3n) is 5.59. The van der Waals surface area contributed by atoms with E-state index < -0.39 is 0 Å². The van der Waals surface area contributed by atoms with Crippen molar-refractivity contribution >= 4 is 27.7 Å². The lowest BCUT2D eigenvalue weighted by atomic mass is 10.0. The van der Waals surface area contributed by atoms with Gasteiger partial charge < -0.3 is 9.88 Å². The molecule has 3 aromatic carbocycles. The van der Waals surface area contributed by atoms with Gasteiger partial charge in [-0.3, -0.25) is 4.79 Å². The molecule has 1 aromatic heterocycles. The highest BCUT2D eigenvalue weighted by Crippen LogP contribution is 2.30. The minimum atomic E-state index is -0.129. The monoisotopic (exact) mass is 369 g/mol. The first-order valence-electron chi connectivity index (χ1n) is 9.93. The van der Waals surface area contributed by atoms with E-state index in [1.165, 1.54) is 16.3 Å². The number of benzene rings is 3. The molecule has 0 spiro atoms. The van der Waals surface area contributed by atoms with Crippen molar-refractivity contribution in [3.8, 4) is 0 Å². The molecule has 1 saturated carbocycles. The molecule has 0 radical (unpaired) electrons. The van der Waals surface area contributed by atoms with Gasteiger partial charge in [0.1, 0.15) is 5.82 Å². The molecular formula is C24H23N3O. The van der Waals surface area contributed by atoms with Crippen molar-refractivity contribution in [2.24, 2.45) is 5.92 Å². The van der Waals surface area contributed by atoms with E-state index in [0.717, 1.165) is 36.2 Å². The molecule has 1 amide bonds. The number of aromatic nitrogens is 2. The maximum atomic E-state index is 12.3. The molecule has 0 aliphatic heterocycles. The normalized spacial score (nSPS) is 15.0. The number of hydrogen-bond acceptors (Lipinski definition) is 2. The van der Waals surface area contributed by atoms with Gasteiger partial charge in [0.2, 0.25) is 5.91 Å². The van der Waals surface area contributed by atoms with Gasteiger partial charge in [0.25, 0.3) is 0 Å². The molecule has 4 nitrogen and oxygen atoms in total. The Kier molecular flexibility index (Phi) is 4.12. The molecule has 1 aliphatic carbocycles. The average molecular weight is 369 g/mol. The van der Waals surface area contributed by atoms with Crippen molar-refractivity contribution in [3.05, 3.63) is 78.1 Å². The van der Waals surface area contributed by atoms with E-state index in [1.807, 2.05) is 25.1 Å². The zero-order chi connectivity index (χ0) is 19.1. The molecule has 1 fully saturated rings. The molecule has 0 saturated heterocycles. The van der Waals surface area contributed by atoms with Gasteiger partial charge in [-0.05, 0) is 48.2 Å². The van der Waals surface area contributed by atoms with E-state index in [9.17, 15) is 4.79 Å². The summed E-state index contributed by atoms with van der Waals surface area (Å²) in [5.41, 5.74) is 3.31. The van der Waals surface area contributed by atoms with E-state index in [0.29, 0.717) is 0 Å². The van der Waals surface area contributed by atoms with Crippen LogP contribution in [-0.2, 0) is 11.3 Å². The van der Waals surface area contributed by atoms with E-state index in [2.05, 4.69) is 58.4 Å². The molecule has 1 heterocycles. The van der Waals surface area contributed by atoms with Crippen LogP contribution in [0.2, 0.25) is 0 Å². The number of rotatable bonds is 5. The van der Waals surface area contributed by atoms with Crippen LogP contribution >= 0.6 is 0 Å². The summed E-state index contributed by atoms with van der Waals surface area (Å²) in [6.07, 6.45) is 2.01. The number of nitrogens with zero attached hydrogens (tertiary/aromatic N) is 2. The van der Waals surface area contributed by atoms with Gasteiger partial charge in [-0.25, -0.2) is 4.98 Å². The molecule has 1 N–H and O–H groups in total. The number of amides is 1. The van der Waals surface area contributed by atoms with Crippen LogP contribution in [0.4, 0.5) is 0 Å². The Morgan fingerprint density at radius 1 is 1.07 bits per heavy atom. The Labute approximate surface area is 164 Å². The first-order chi connectivity index (χ1) is 13.7. The molecule has 4 heteroatoms. The number of carbonyl (C=O) groups is 1. The zero-order valence-electron chi connectivity index (χ0n) is 15.9. The molecular weight excluding hydrogens is 346 g/mol. The lowest BCUT2D eigenvalue weighted by Crippen LogP contribution is -2.30. The summed E-state index contributed by atoms with van der Waals surface area (Å²) in [4.78, 5) is 17.2. The second-order valence-electron chi connectivity index (χ2n) is 7.69. The molecule has 0 bridgehead atoms. The van der Waals surface area contributed by atoms with Crippen LogP contribution in [0.1, 0.15) is 37.2 Å². The van der Waals surface area contributed by atoms with Crippen LogP contribution in [-0.4, -0.2) is 15.5 Å². The van der Waals surface area contributed by atoms with Gasteiger partial charge in [0.05, 0.1) is 23.6 Å². The van der Waals surface area contributed by atoms with Crippen LogP contribution in [0.25, 0.3) is 21.8 Å². The first-order valence-corrected chi connectivity index (χ1v) is 9.93. The Hall–Kier alpha value is -3.14. The SMILES string of the molecule is CC(NC(=O)C1CC1)c1nc2ccccc2n1Cc1cccc2ccccc12. The summed E-state index contributed by atoms with van der Waals surface area (Å²) in [6.45, 7) is 2.75. The van der Waals surface area contributed by atoms with Crippen LogP contribution in [0.5, 0.6) is 0 Å². The molecule has 1 unspecified atom stereocenters. The highest BCUT2D eigenvalue weighted by molar-refractivity contribution is 5.86. The smallest absolute Gasteiger partial charge is 0.223 e. The first kappa shape index (κ1) is 17.0. The highest BCUT2D eigenvalue weighted by atomic mass is 16.2. The highest BCUT2D eigenvalue weighted by Gasteiger charge is 2.31. The number of carbonyl (C=O) groups excluding carboxylic acids is 1. The third-order valence-corrected chi connectivity index (χ3v) is 5.59. The summed E-state index contributed by atoms with van der Waals surface area (Å²) in [5, 5.41) is 5.65. The molecule has 4 aromatic rings. The molecule has 28 heavy (non-hydrogen) atoms. The maximum absolute atomic E-state index is 12.3. The van der Waals surface area contributed by atoms with Gasteiger partial charge >= 0.3 is 0 Å². The maximum Gasteiger partial charge on any atom is 0.223 e. The minimum absolute atomic E-state index is 0.129. The van der Waals surface area contributed by atoms with Crippen LogP contribution < -0.4 is 5.32 Å². The number of para-hydroxylation sites is 2. The second kappa shape index (κ2) is 6.79. The Morgan fingerprint density at radius 3 is 2.68 bits per heavy atom. The predicted octanol–water partition coefficient (Wildman–Crippen LogP) is 4.83. The minimum Gasteiger partial charge on any atom is -0.346 e. The van der Waals surface area contributed by atoms with Crippen LogP contribution in [0, 0.1) is 5.92 Å². The van der Waals surface area contributed by atoms with Crippen molar-refractivity contribution in [1.82, 2.24) is 14.9 Å². The fraction of sp³-hybridized carbons (Fsp3) is 0.250. The van der Waals surface area contributed by atoms with Gasteiger partial charge in [0.15, 0.2) is 0 Å². The van der Waals surface area contributed by atoms with Gasteiger partial charge in [-0.2, -0.15) is 0 Å². The van der Waals surface area contributed by atoms with Crippen molar-refractivity contribution in [2.75, 3.05) is 0 Å². The van der Waals surface area contributed by atoms with Crippen molar-refractivity contribution in [2.45, 2.75) is 32.4 Å². The third kappa shape index (κ3) is 3.05. The van der Waals surface area contributed by atoms with Crippen molar-refractivity contribution in [1.29, 1.82) is 0 Å². The zero-order valence-corrected chi connectivity index (χ0v) is 15.9.